The molecular formula is C10H7F2N3O2. The van der Waals surface area contributed by atoms with E-state index in [-0.39, 0.29) is 11.3 Å². The molecular weight excluding hydrogens is 232 g/mol. The molecule has 0 saturated carbocycles. The summed E-state index contributed by atoms with van der Waals surface area (Å²) in [6, 6.07) is 2.90. The van der Waals surface area contributed by atoms with Crippen LogP contribution in [0, 0.1) is 11.6 Å². The summed E-state index contributed by atoms with van der Waals surface area (Å²) in [6.07, 6.45) is 1.05. The molecule has 1 aromatic rings. The lowest BCUT2D eigenvalue weighted by atomic mass is 10.2. The summed E-state index contributed by atoms with van der Waals surface area (Å²) in [5.74, 6) is -2.77. The maximum Gasteiger partial charge on any atom is 0.276 e. The summed E-state index contributed by atoms with van der Waals surface area (Å²) in [5.41, 5.74) is 3.94. The molecule has 1 heterocycles. The van der Waals surface area contributed by atoms with E-state index >= 15 is 0 Å². The zero-order valence-electron chi connectivity index (χ0n) is 8.38. The van der Waals surface area contributed by atoms with E-state index in [0.29, 0.717) is 6.07 Å². The molecule has 0 unspecified atom stereocenters. The Kier molecular flexibility index (Phi) is 2.73. The number of benzene rings is 1. The van der Waals surface area contributed by atoms with Gasteiger partial charge in [-0.15, -0.1) is 0 Å². The molecule has 1 aliphatic heterocycles. The molecule has 1 saturated heterocycles. The Morgan fingerprint density at radius 2 is 1.76 bits per heavy atom. The van der Waals surface area contributed by atoms with E-state index in [9.17, 15) is 18.4 Å². The van der Waals surface area contributed by atoms with Crippen molar-refractivity contribution < 1.29 is 18.4 Å². The van der Waals surface area contributed by atoms with Crippen molar-refractivity contribution in [3.63, 3.8) is 0 Å². The van der Waals surface area contributed by atoms with E-state index in [1.54, 1.807) is 0 Å². The van der Waals surface area contributed by atoms with Gasteiger partial charge >= 0.3 is 0 Å². The molecule has 0 bridgehead atoms. The number of nitrogens with one attached hydrogen (secondary N) is 3. The first kappa shape index (κ1) is 11.1. The lowest BCUT2D eigenvalue weighted by Gasteiger charge is -2.02. The van der Waals surface area contributed by atoms with Crippen molar-refractivity contribution in [2.45, 2.75) is 0 Å². The molecule has 3 N–H and O–H groups in total. The van der Waals surface area contributed by atoms with E-state index < -0.39 is 23.4 Å². The van der Waals surface area contributed by atoms with Crippen LogP contribution < -0.4 is 16.2 Å². The monoisotopic (exact) mass is 239 g/mol. The third-order valence-electron chi connectivity index (χ3n) is 2.08. The number of anilines is 1. The van der Waals surface area contributed by atoms with Crippen molar-refractivity contribution in [3.8, 4) is 0 Å². The molecule has 1 aliphatic rings. The van der Waals surface area contributed by atoms with Crippen LogP contribution in [0.4, 0.5) is 14.5 Å². The predicted octanol–water partition coefficient (Wildman–Crippen LogP) is 0.422. The first-order valence-corrected chi connectivity index (χ1v) is 4.60. The van der Waals surface area contributed by atoms with Gasteiger partial charge in [-0.05, 0) is 12.1 Å². The largest absolute Gasteiger partial charge is 0.358 e. The maximum atomic E-state index is 13.2. The molecule has 1 aromatic carbocycles. The van der Waals surface area contributed by atoms with Crippen molar-refractivity contribution in [3.05, 3.63) is 41.6 Å². The molecule has 88 valence electrons. The van der Waals surface area contributed by atoms with Crippen LogP contribution in [0.25, 0.3) is 0 Å². The Balaban J connectivity index is 2.19. The van der Waals surface area contributed by atoms with Gasteiger partial charge in [0.25, 0.3) is 11.8 Å². The summed E-state index contributed by atoms with van der Waals surface area (Å²) in [6.45, 7) is 0. The van der Waals surface area contributed by atoms with Crippen LogP contribution in [0.2, 0.25) is 0 Å². The second kappa shape index (κ2) is 4.20. The van der Waals surface area contributed by atoms with Crippen molar-refractivity contribution in [1.82, 2.24) is 10.9 Å². The number of carbonyl (C=O) groups excluding carboxylic acids is 2. The Hall–Kier alpha value is -2.44. The number of hydrazine groups is 1. The molecule has 17 heavy (non-hydrogen) atoms. The Bertz CT molecular complexity index is 510. The smallest absolute Gasteiger partial charge is 0.276 e. The van der Waals surface area contributed by atoms with Crippen molar-refractivity contribution in [2.24, 2.45) is 0 Å². The van der Waals surface area contributed by atoms with E-state index in [0.717, 1.165) is 18.3 Å². The topological polar surface area (TPSA) is 70.2 Å². The number of hydrogen-bond donors (Lipinski definition) is 3. The lowest BCUT2D eigenvalue weighted by molar-refractivity contribution is -0.117. The van der Waals surface area contributed by atoms with Gasteiger partial charge in [-0.1, -0.05) is 0 Å². The van der Waals surface area contributed by atoms with Crippen molar-refractivity contribution >= 4 is 17.5 Å². The average molecular weight is 239 g/mol. The first-order valence-electron chi connectivity index (χ1n) is 4.60. The van der Waals surface area contributed by atoms with Gasteiger partial charge in [0.1, 0.15) is 17.2 Å². The van der Waals surface area contributed by atoms with Gasteiger partial charge < -0.3 is 5.32 Å². The van der Waals surface area contributed by atoms with E-state index in [2.05, 4.69) is 16.2 Å². The van der Waals surface area contributed by atoms with Gasteiger partial charge in [0.15, 0.2) is 0 Å². The van der Waals surface area contributed by atoms with Crippen LogP contribution in [0.1, 0.15) is 0 Å². The second-order valence-electron chi connectivity index (χ2n) is 3.23. The van der Waals surface area contributed by atoms with Gasteiger partial charge in [-0.2, -0.15) is 0 Å². The van der Waals surface area contributed by atoms with Crippen LogP contribution in [0.5, 0.6) is 0 Å². The summed E-state index contributed by atoms with van der Waals surface area (Å²) < 4.78 is 25.8. The van der Waals surface area contributed by atoms with Crippen molar-refractivity contribution in [1.29, 1.82) is 0 Å². The highest BCUT2D eigenvalue weighted by molar-refractivity contribution is 6.22. The molecule has 2 amide bonds. The zero-order chi connectivity index (χ0) is 12.4. The van der Waals surface area contributed by atoms with Gasteiger partial charge in [0.05, 0.1) is 5.69 Å². The molecule has 7 heteroatoms. The fourth-order valence-corrected chi connectivity index (χ4v) is 1.24. The molecule has 5 nitrogen and oxygen atoms in total. The lowest BCUT2D eigenvalue weighted by Crippen LogP contribution is -2.28. The van der Waals surface area contributed by atoms with Gasteiger partial charge in [0.2, 0.25) is 0 Å². The summed E-state index contributed by atoms with van der Waals surface area (Å²) in [7, 11) is 0. The van der Waals surface area contributed by atoms with Crippen LogP contribution in [-0.2, 0) is 9.59 Å². The molecule has 0 aliphatic carbocycles. The van der Waals surface area contributed by atoms with E-state index in [1.165, 1.54) is 0 Å². The Morgan fingerprint density at radius 3 is 2.35 bits per heavy atom. The summed E-state index contributed by atoms with van der Waals surface area (Å²) in [4.78, 5) is 22.2. The number of halogens is 2. The van der Waals surface area contributed by atoms with Gasteiger partial charge in [0, 0.05) is 12.3 Å². The Morgan fingerprint density at radius 1 is 1.12 bits per heavy atom. The first-order chi connectivity index (χ1) is 8.08. The minimum Gasteiger partial charge on any atom is -0.358 e. The molecule has 0 spiro atoms. The SMILES string of the molecule is O=C1NNC(=O)C1=CNc1ccc(F)cc1F. The van der Waals surface area contributed by atoms with Crippen molar-refractivity contribution in [2.75, 3.05) is 5.32 Å². The zero-order valence-corrected chi connectivity index (χ0v) is 8.38. The second-order valence-corrected chi connectivity index (χ2v) is 3.23. The third-order valence-corrected chi connectivity index (χ3v) is 2.08. The number of carbonyl (C=O) groups is 2. The highest BCUT2D eigenvalue weighted by atomic mass is 19.1. The highest BCUT2D eigenvalue weighted by Gasteiger charge is 2.25. The maximum absolute atomic E-state index is 13.2. The molecule has 0 aromatic heterocycles. The minimum absolute atomic E-state index is 0.0357. The quantitative estimate of drug-likeness (QED) is 0.517. The van der Waals surface area contributed by atoms with Crippen LogP contribution in [0.15, 0.2) is 30.0 Å². The van der Waals surface area contributed by atoms with Crippen LogP contribution in [-0.4, -0.2) is 11.8 Å². The molecule has 1 fully saturated rings. The fourth-order valence-electron chi connectivity index (χ4n) is 1.24. The summed E-state index contributed by atoms with van der Waals surface area (Å²) >= 11 is 0. The molecule has 0 radical (unpaired) electrons. The normalized spacial score (nSPS) is 14.4. The fraction of sp³-hybridized carbons (Fsp3) is 0. The van der Waals surface area contributed by atoms with Gasteiger partial charge in [-0.25, -0.2) is 8.78 Å². The van der Waals surface area contributed by atoms with E-state index in [4.69, 9.17) is 0 Å². The number of hydrogen-bond acceptors (Lipinski definition) is 3. The molecule has 2 rings (SSSR count). The van der Waals surface area contributed by atoms with E-state index in [1.807, 2.05) is 0 Å². The number of amides is 2. The minimum atomic E-state index is -0.819. The van der Waals surface area contributed by atoms with Gasteiger partial charge in [-0.3, -0.25) is 20.4 Å². The molecule has 0 atom stereocenters. The number of rotatable bonds is 2. The third kappa shape index (κ3) is 2.22. The van der Waals surface area contributed by atoms with Crippen LogP contribution >= 0.6 is 0 Å². The highest BCUT2D eigenvalue weighted by Crippen LogP contribution is 2.15. The Labute approximate surface area is 94.5 Å². The van der Waals surface area contributed by atoms with Crippen LogP contribution in [0.3, 0.4) is 0 Å². The summed E-state index contributed by atoms with van der Waals surface area (Å²) in [5, 5.41) is 2.42. The standard InChI is InChI=1S/C10H7F2N3O2/c11-5-1-2-8(7(12)3-5)13-4-6-9(16)14-15-10(6)17/h1-4,13H,(H,14,16)(H,15,17). The average Bonchev–Trinajstić information content (AvgIpc) is 2.58. The predicted molar refractivity (Wildman–Crippen MR) is 54.3 cm³/mol.